The van der Waals surface area contributed by atoms with Gasteiger partial charge in [-0.1, -0.05) is 83.3 Å². The Morgan fingerprint density at radius 3 is 1.23 bits per heavy atom. The largest absolute Gasteiger partial charge is 0.392 e. The van der Waals surface area contributed by atoms with Crippen LogP contribution in [0.4, 0.5) is 73.7 Å². The topological polar surface area (TPSA) is 424 Å². The molecule has 12 N–H and O–H groups in total. The van der Waals surface area contributed by atoms with Crippen molar-refractivity contribution in [3.8, 4) is 45.0 Å². The molecule has 3 aromatic carbocycles. The summed E-state index contributed by atoms with van der Waals surface area (Å²) >= 11 is 20.4. The number of aryl methyl sites for hydroxylation is 1. The summed E-state index contributed by atoms with van der Waals surface area (Å²) in [4.78, 5) is 71.6. The number of pyridine rings is 1. The zero-order valence-electron chi connectivity index (χ0n) is 62.9. The molecule has 586 valence electrons. The highest BCUT2D eigenvalue weighted by Gasteiger charge is 2.26. The number of aromatic nitrogens is 23. The second-order valence-corrected chi connectivity index (χ2v) is 28.3. The third-order valence-corrected chi connectivity index (χ3v) is 20.4. The first kappa shape index (κ1) is 78.5. The molecule has 0 amide bonds. The van der Waals surface area contributed by atoms with Crippen LogP contribution >= 0.6 is 46.1 Å². The van der Waals surface area contributed by atoms with Gasteiger partial charge in [-0.25, -0.2) is 97.7 Å². The Morgan fingerprint density at radius 1 is 0.412 bits per heavy atom. The molecule has 4 atom stereocenters. The van der Waals surface area contributed by atoms with Crippen LogP contribution in [-0.4, -0.2) is 113 Å². The molecule has 0 aliphatic heterocycles. The van der Waals surface area contributed by atoms with Crippen molar-refractivity contribution < 1.29 is 4.39 Å². The minimum atomic E-state index is -0.543. The van der Waals surface area contributed by atoms with Gasteiger partial charge in [0.05, 0.1) is 114 Å². The van der Waals surface area contributed by atoms with Crippen LogP contribution in [0.25, 0.3) is 108 Å². The van der Waals surface area contributed by atoms with E-state index in [9.17, 15) is 4.39 Å². The fraction of sp³-hybridized carbons (Fsp3) is 0.114. The van der Waals surface area contributed by atoms with Gasteiger partial charge in [-0.05, 0) is 93.7 Å². The van der Waals surface area contributed by atoms with Crippen LogP contribution in [0, 0.1) is 32.2 Å². The molecule has 15 heterocycles. The number of rotatable bonds is 16. The molecule has 0 fully saturated rings. The minimum absolute atomic E-state index is 0.104. The first-order valence-corrected chi connectivity index (χ1v) is 37.7. The zero-order valence-corrected chi connectivity index (χ0v) is 66.0. The Balaban J connectivity index is 0.000000124. The van der Waals surface area contributed by atoms with Crippen LogP contribution in [0.3, 0.4) is 0 Å². The summed E-state index contributed by atoms with van der Waals surface area (Å²) in [5.41, 5.74) is 39.5. The van der Waals surface area contributed by atoms with Crippen LogP contribution in [0.2, 0.25) is 15.5 Å². The summed E-state index contributed by atoms with van der Waals surface area (Å²) in [5.74, 6) is 1.35. The number of nitrogens with zero attached hydrogens (tertiary/aromatic N) is 27. The Labute approximate surface area is 693 Å². The predicted molar refractivity (Wildman–Crippen MR) is 455 cm³/mol. The van der Waals surface area contributed by atoms with Crippen LogP contribution < -0.4 is 44.2 Å². The summed E-state index contributed by atoms with van der Waals surface area (Å²) in [6.45, 7) is 37.2. The van der Waals surface area contributed by atoms with Gasteiger partial charge in [0.2, 0.25) is 5.95 Å². The maximum absolute atomic E-state index is 14.0. The Kier molecular flexibility index (Phi) is 22.2. The quantitative estimate of drug-likeness (QED) is 0.0416. The molecule has 0 aliphatic carbocycles. The number of nitrogens with one attached hydrogen (secondary N) is 4. The summed E-state index contributed by atoms with van der Waals surface area (Å²) in [7, 11) is 2.01. The van der Waals surface area contributed by atoms with Gasteiger partial charge in [-0.3, -0.25) is 4.98 Å². The molecule has 0 unspecified atom stereocenters. The molecule has 18 rings (SSSR count). The first-order valence-electron chi connectivity index (χ1n) is 35.7. The van der Waals surface area contributed by atoms with Crippen LogP contribution in [0.5, 0.6) is 0 Å². The molecule has 35 nitrogen and oxygen atoms in total. The van der Waals surface area contributed by atoms with Gasteiger partial charge < -0.3 is 48.8 Å². The number of thiazole rings is 1. The van der Waals surface area contributed by atoms with Crippen LogP contribution in [0.15, 0.2) is 183 Å². The lowest BCUT2D eigenvalue weighted by atomic mass is 10.0. The molecule has 0 saturated heterocycles. The smallest absolute Gasteiger partial charge is 0.268 e. The normalized spacial score (nSPS) is 12.0. The van der Waals surface area contributed by atoms with Gasteiger partial charge in [-0.2, -0.15) is 29.3 Å². The zero-order chi connectivity index (χ0) is 83.3. The second-order valence-electron chi connectivity index (χ2n) is 26.3. The highest BCUT2D eigenvalue weighted by Crippen LogP contribution is 2.41. The number of anilines is 8. The van der Waals surface area contributed by atoms with Crippen molar-refractivity contribution in [2.45, 2.75) is 51.9 Å². The average Bonchev–Trinajstić information content (AvgIpc) is 1.57. The summed E-state index contributed by atoms with van der Waals surface area (Å²) in [5, 5.41) is 34.0. The molecule has 18 aromatic rings. The standard InChI is InChI=1S/C22H18ClN9.C20H14ClN9S.C19H15FN8.C18H14ClN9/c1-12(29-22-20(25-2)21(24)27-11-28-22)15-9-18-26-10-17(23)32(18)30-19(15)14-5-4-13-6-7-31(3)16(13)8-14;1-10(28-20-18(23-2)19(22)25-8-26-20)12-6-16-24-7-15(21)30(16)29-17(12)11-3-4-14-13(5-11)27-9-31-14;1-11(26-19-17(22-2)18(21)24-10-25-19)13-8-15-23-9-14(20)28(15)27-16(13)12-6-4-3-5-7-12;1-10(26-18-16(21-2)17(20)24-9-25-18)12-6-14-23-8-13(19)28(14)27-15(12)11-4-3-5-22-7-11/h4-12H,1,3H3,(H3,24,27,28,29);3-10H,1H3,(H3,22,25,26,28);3-11H,1H3,(H3,21,24,25,26);3-10H,1H3,(H3,20,24,25,26)/t12-;10-;11-;10-/m0100/s1. The third kappa shape index (κ3) is 16.0. The number of nitrogens with two attached hydrogens (primary N) is 4. The monoisotopic (exact) mass is 1660 g/mol. The number of nitrogen functional groups attached to an aromatic ring is 4. The maximum atomic E-state index is 14.0. The molecule has 119 heavy (non-hydrogen) atoms. The van der Waals surface area contributed by atoms with Gasteiger partial charge in [-0.15, -0.1) is 11.3 Å². The number of imidazole rings is 4. The van der Waals surface area contributed by atoms with E-state index in [0.29, 0.717) is 78.4 Å². The van der Waals surface area contributed by atoms with E-state index in [1.165, 1.54) is 25.3 Å². The summed E-state index contributed by atoms with van der Waals surface area (Å²) in [6, 6.07) is 33.9. The SMILES string of the molecule is [C-]#[N+]c1c(N)ncnc1N[C@@H](C)c1cc2ncc(Cl)n2nc1-c1ccc2ccn(C)c2c1.[C-]#[N+]c1c(N)ncnc1N[C@@H](C)c1cc2ncc(Cl)n2nc1-c1cccnc1.[C-]#[N+]c1c(N)ncnc1N[C@@H](C)c1cc2ncc(F)n2nc1-c1ccccc1.[C-]#[N+]c1c(N)ncnc1N[C@H](C)c1cc2ncc(Cl)n2nc1-c1ccc2scnc2c1. The van der Waals surface area contributed by atoms with E-state index >= 15 is 0 Å². The number of halogens is 4. The maximum Gasteiger partial charge on any atom is 0.268 e. The van der Waals surface area contributed by atoms with E-state index in [1.807, 2.05) is 131 Å². The fourth-order valence-corrected chi connectivity index (χ4v) is 14.1. The number of hydrogen-bond donors (Lipinski definition) is 8. The second kappa shape index (κ2) is 33.7. The first-order chi connectivity index (χ1) is 57.7. The molecule has 0 aliphatic rings. The molecule has 0 saturated carbocycles. The third-order valence-electron chi connectivity index (χ3n) is 18.8. The average molecular weight is 1660 g/mol. The van der Waals surface area contributed by atoms with Crippen molar-refractivity contribution >= 4 is 159 Å². The molecule has 0 bridgehead atoms. The van der Waals surface area contributed by atoms with Crippen molar-refractivity contribution in [1.29, 1.82) is 0 Å². The van der Waals surface area contributed by atoms with Gasteiger partial charge >= 0.3 is 0 Å². The lowest BCUT2D eigenvalue weighted by Crippen LogP contribution is -2.12. The Morgan fingerprint density at radius 2 is 0.798 bits per heavy atom. The molecule has 40 heteroatoms. The van der Waals surface area contributed by atoms with Gasteiger partial charge in [0.25, 0.3) is 22.7 Å². The highest BCUT2D eigenvalue weighted by molar-refractivity contribution is 7.16. The van der Waals surface area contributed by atoms with E-state index < -0.39 is 5.95 Å². The molecular weight excluding hydrogens is 1600 g/mol. The number of hydrogen-bond acceptors (Lipinski definition) is 27. The van der Waals surface area contributed by atoms with E-state index in [1.54, 1.807) is 61.9 Å². The molecule has 15 aromatic heterocycles. The van der Waals surface area contributed by atoms with Crippen molar-refractivity contribution in [2.24, 2.45) is 7.05 Å². The van der Waals surface area contributed by atoms with E-state index in [-0.39, 0.29) is 70.2 Å². The summed E-state index contributed by atoms with van der Waals surface area (Å²) in [6.07, 6.45) is 16.5. The van der Waals surface area contributed by atoms with Gasteiger partial charge in [0.15, 0.2) is 38.0 Å². The van der Waals surface area contributed by atoms with Crippen LogP contribution in [0.1, 0.15) is 74.1 Å². The molecule has 0 radical (unpaired) electrons. The van der Waals surface area contributed by atoms with Crippen molar-refractivity contribution in [3.05, 3.63) is 273 Å². The Hall–Kier alpha value is -15.8. The number of fused-ring (bicyclic) bond motifs is 6. The van der Waals surface area contributed by atoms with E-state index in [2.05, 4.69) is 143 Å². The van der Waals surface area contributed by atoms with Gasteiger partial charge in [0, 0.05) is 75.7 Å². The van der Waals surface area contributed by atoms with Gasteiger partial charge in [0.1, 0.15) is 71.9 Å². The lowest BCUT2D eigenvalue weighted by molar-refractivity contribution is 0.549. The summed E-state index contributed by atoms with van der Waals surface area (Å²) < 4.78 is 23.1. The minimum Gasteiger partial charge on any atom is -0.392 e. The van der Waals surface area contributed by atoms with E-state index in [4.69, 9.17) is 94.2 Å². The van der Waals surface area contributed by atoms with Crippen molar-refractivity contribution in [2.75, 3.05) is 44.2 Å². The van der Waals surface area contributed by atoms with Crippen molar-refractivity contribution in [3.63, 3.8) is 0 Å². The Bertz CT molecular complexity index is 6890. The van der Waals surface area contributed by atoms with E-state index in [0.717, 1.165) is 82.0 Å². The van der Waals surface area contributed by atoms with Crippen molar-refractivity contribution in [1.82, 2.24) is 113 Å². The molecular formula is C79H61Cl3FN35S. The molecule has 0 spiro atoms. The van der Waals surface area contributed by atoms with Crippen LogP contribution in [-0.2, 0) is 7.05 Å². The lowest BCUT2D eigenvalue weighted by Gasteiger charge is -2.19. The fourth-order valence-electron chi connectivity index (χ4n) is 12.9. The predicted octanol–water partition coefficient (Wildman–Crippen LogP) is 16.6. The number of benzene rings is 3. The highest BCUT2D eigenvalue weighted by atomic mass is 35.5.